The first-order valence-corrected chi connectivity index (χ1v) is 9.61. The van der Waals surface area contributed by atoms with Crippen LogP contribution in [0.15, 0.2) is 53.5 Å². The molecule has 0 saturated heterocycles. The number of nitrogens with two attached hydrogens (primary N) is 1. The fourth-order valence-corrected chi connectivity index (χ4v) is 3.65. The van der Waals surface area contributed by atoms with E-state index in [1.807, 2.05) is 28.8 Å². The third-order valence-electron chi connectivity index (χ3n) is 5.17. The lowest BCUT2D eigenvalue weighted by molar-refractivity contribution is -0.383. The van der Waals surface area contributed by atoms with Gasteiger partial charge in [0.15, 0.2) is 5.52 Å². The number of rotatable bonds is 7. The zero-order chi connectivity index (χ0) is 22.1. The Bertz CT molecular complexity index is 1370. The number of hydrogen-bond donors (Lipinski definition) is 3. The van der Waals surface area contributed by atoms with Crippen molar-refractivity contribution in [2.45, 2.75) is 25.4 Å². The minimum atomic E-state index is -1.05. The molecule has 1 unspecified atom stereocenters. The lowest BCUT2D eigenvalue weighted by atomic mass is 10.1. The van der Waals surface area contributed by atoms with E-state index in [0.29, 0.717) is 24.9 Å². The highest BCUT2D eigenvalue weighted by molar-refractivity contribution is 5.96. The van der Waals surface area contributed by atoms with Gasteiger partial charge < -0.3 is 20.4 Å². The van der Waals surface area contributed by atoms with Crippen LogP contribution in [-0.4, -0.2) is 36.6 Å². The molecular formula is C21H19N5O5. The Hall–Kier alpha value is -4.05. The van der Waals surface area contributed by atoms with E-state index in [1.54, 1.807) is 12.3 Å². The molecular weight excluding hydrogens is 402 g/mol. The van der Waals surface area contributed by atoms with E-state index < -0.39 is 22.5 Å². The van der Waals surface area contributed by atoms with Crippen LogP contribution in [0.25, 0.3) is 33.2 Å². The SMILES string of the molecule is NC(CCCn1cc(-c2nc3c([N+](=O)[O-])cccc3[nH]c2=O)c2ccccc21)C(=O)O. The molecule has 31 heavy (non-hydrogen) atoms. The van der Waals surface area contributed by atoms with Crippen LogP contribution in [0, 0.1) is 10.1 Å². The highest BCUT2D eigenvalue weighted by atomic mass is 16.6. The number of aryl methyl sites for hydroxylation is 1. The topological polar surface area (TPSA) is 157 Å². The summed E-state index contributed by atoms with van der Waals surface area (Å²) in [6, 6.07) is 10.9. The zero-order valence-corrected chi connectivity index (χ0v) is 16.3. The Morgan fingerprint density at radius 1 is 1.26 bits per heavy atom. The molecule has 0 saturated carbocycles. The fraction of sp³-hybridized carbons (Fsp3) is 0.190. The van der Waals surface area contributed by atoms with Gasteiger partial charge in [0, 0.05) is 35.3 Å². The molecule has 158 valence electrons. The van der Waals surface area contributed by atoms with E-state index in [9.17, 15) is 19.7 Å². The number of aromatic nitrogens is 3. The van der Waals surface area contributed by atoms with Crippen molar-refractivity contribution in [3.8, 4) is 11.3 Å². The van der Waals surface area contributed by atoms with Gasteiger partial charge in [-0.25, -0.2) is 4.98 Å². The summed E-state index contributed by atoms with van der Waals surface area (Å²) in [7, 11) is 0. The number of aliphatic carboxylic acids is 1. The van der Waals surface area contributed by atoms with Crippen molar-refractivity contribution >= 4 is 33.6 Å². The van der Waals surface area contributed by atoms with Gasteiger partial charge in [-0.2, -0.15) is 0 Å². The van der Waals surface area contributed by atoms with Crippen molar-refractivity contribution in [2.24, 2.45) is 5.73 Å². The Morgan fingerprint density at radius 2 is 2.03 bits per heavy atom. The molecule has 4 rings (SSSR count). The molecule has 0 bridgehead atoms. The number of para-hydroxylation sites is 2. The second-order valence-corrected chi connectivity index (χ2v) is 7.19. The predicted octanol–water partition coefficient (Wildman–Crippen LogP) is 2.65. The number of nitrogens with one attached hydrogen (secondary N) is 1. The van der Waals surface area contributed by atoms with Crippen LogP contribution in [0.1, 0.15) is 12.8 Å². The molecule has 4 aromatic rings. The lowest BCUT2D eigenvalue weighted by Gasteiger charge is -2.08. The number of hydrogen-bond acceptors (Lipinski definition) is 6. The molecule has 2 aromatic heterocycles. The van der Waals surface area contributed by atoms with Crippen LogP contribution in [0.4, 0.5) is 5.69 Å². The van der Waals surface area contributed by atoms with Crippen molar-refractivity contribution in [1.29, 1.82) is 0 Å². The predicted molar refractivity (Wildman–Crippen MR) is 115 cm³/mol. The number of nitro groups is 1. The van der Waals surface area contributed by atoms with Crippen LogP contribution < -0.4 is 11.3 Å². The fourth-order valence-electron chi connectivity index (χ4n) is 3.65. The molecule has 0 aliphatic heterocycles. The number of carbonyl (C=O) groups is 1. The average Bonchev–Trinajstić information content (AvgIpc) is 3.11. The molecule has 0 radical (unpaired) electrons. The molecule has 2 aromatic carbocycles. The number of carboxylic acid groups (broad SMARTS) is 1. The molecule has 0 fully saturated rings. The summed E-state index contributed by atoms with van der Waals surface area (Å²) < 4.78 is 1.91. The van der Waals surface area contributed by atoms with Crippen molar-refractivity contribution in [2.75, 3.05) is 0 Å². The third kappa shape index (κ3) is 3.76. The molecule has 1 atom stereocenters. The number of nitrogens with zero attached hydrogens (tertiary/aromatic N) is 3. The van der Waals surface area contributed by atoms with Crippen LogP contribution >= 0.6 is 0 Å². The van der Waals surface area contributed by atoms with Gasteiger partial charge in [-0.1, -0.05) is 24.3 Å². The zero-order valence-electron chi connectivity index (χ0n) is 16.3. The monoisotopic (exact) mass is 421 g/mol. The number of non-ortho nitro benzene ring substituents is 1. The number of nitro benzene ring substituents is 1. The molecule has 0 aliphatic rings. The number of benzene rings is 2. The summed E-state index contributed by atoms with van der Waals surface area (Å²) in [5, 5.41) is 21.1. The normalized spacial score (nSPS) is 12.3. The number of carboxylic acids is 1. The molecule has 0 amide bonds. The van der Waals surface area contributed by atoms with Crippen LogP contribution in [0.5, 0.6) is 0 Å². The summed E-state index contributed by atoms with van der Waals surface area (Å²) in [5.74, 6) is -1.05. The number of aromatic amines is 1. The molecule has 2 heterocycles. The highest BCUT2D eigenvalue weighted by Gasteiger charge is 2.19. The second-order valence-electron chi connectivity index (χ2n) is 7.19. The largest absolute Gasteiger partial charge is 0.480 e. The van der Waals surface area contributed by atoms with Crippen LogP contribution in [0.3, 0.4) is 0 Å². The van der Waals surface area contributed by atoms with Crippen LogP contribution in [0.2, 0.25) is 0 Å². The minimum absolute atomic E-state index is 0.0824. The summed E-state index contributed by atoms with van der Waals surface area (Å²) in [4.78, 5) is 41.6. The number of fused-ring (bicyclic) bond motifs is 2. The standard InChI is InChI=1S/C21H19N5O5/c22-14(21(28)29)6-4-10-25-11-13(12-5-1-2-8-16(12)25)18-20(27)23-15-7-3-9-17(26(30)31)19(15)24-18/h1-3,5,7-9,11,14H,4,6,10,22H2,(H,23,27)(H,28,29). The summed E-state index contributed by atoms with van der Waals surface area (Å²) in [6.45, 7) is 0.493. The summed E-state index contributed by atoms with van der Waals surface area (Å²) in [6.07, 6.45) is 2.59. The first kappa shape index (κ1) is 20.2. The Balaban J connectivity index is 1.81. The second kappa shape index (κ2) is 8.00. The van der Waals surface area contributed by atoms with E-state index >= 15 is 0 Å². The molecule has 4 N–H and O–H groups in total. The molecule has 10 heteroatoms. The van der Waals surface area contributed by atoms with Gasteiger partial charge in [0.2, 0.25) is 0 Å². The van der Waals surface area contributed by atoms with Crippen molar-refractivity contribution < 1.29 is 14.8 Å². The maximum Gasteiger partial charge on any atom is 0.320 e. The van der Waals surface area contributed by atoms with Gasteiger partial charge in [-0.15, -0.1) is 0 Å². The highest BCUT2D eigenvalue weighted by Crippen LogP contribution is 2.30. The van der Waals surface area contributed by atoms with E-state index in [4.69, 9.17) is 10.8 Å². The van der Waals surface area contributed by atoms with Gasteiger partial charge in [-0.3, -0.25) is 19.7 Å². The molecule has 0 aliphatic carbocycles. The maximum absolute atomic E-state index is 12.8. The van der Waals surface area contributed by atoms with Gasteiger partial charge in [0.1, 0.15) is 11.7 Å². The summed E-state index contributed by atoms with van der Waals surface area (Å²) in [5.41, 5.74) is 6.78. The van der Waals surface area contributed by atoms with E-state index in [0.717, 1.165) is 10.9 Å². The Kier molecular flexibility index (Phi) is 5.22. The quantitative estimate of drug-likeness (QED) is 0.306. The molecule has 0 spiro atoms. The average molecular weight is 421 g/mol. The van der Waals surface area contributed by atoms with Gasteiger partial charge in [-0.05, 0) is 25.0 Å². The van der Waals surface area contributed by atoms with Gasteiger partial charge >= 0.3 is 5.97 Å². The van der Waals surface area contributed by atoms with Crippen molar-refractivity contribution in [3.05, 3.63) is 69.1 Å². The smallest absolute Gasteiger partial charge is 0.320 e. The first-order chi connectivity index (χ1) is 14.9. The maximum atomic E-state index is 12.8. The first-order valence-electron chi connectivity index (χ1n) is 9.61. The minimum Gasteiger partial charge on any atom is -0.480 e. The van der Waals surface area contributed by atoms with Crippen LogP contribution in [-0.2, 0) is 11.3 Å². The molecule has 10 nitrogen and oxygen atoms in total. The van der Waals surface area contributed by atoms with Gasteiger partial charge in [0.05, 0.1) is 10.4 Å². The number of H-pyrrole nitrogens is 1. The van der Waals surface area contributed by atoms with Crippen molar-refractivity contribution in [3.63, 3.8) is 0 Å². The van der Waals surface area contributed by atoms with E-state index in [1.165, 1.54) is 12.1 Å². The summed E-state index contributed by atoms with van der Waals surface area (Å²) >= 11 is 0. The van der Waals surface area contributed by atoms with E-state index in [2.05, 4.69) is 9.97 Å². The third-order valence-corrected chi connectivity index (χ3v) is 5.17. The van der Waals surface area contributed by atoms with Crippen molar-refractivity contribution in [1.82, 2.24) is 14.5 Å². The Morgan fingerprint density at radius 3 is 2.77 bits per heavy atom. The van der Waals surface area contributed by atoms with Gasteiger partial charge in [0.25, 0.3) is 11.2 Å². The lowest BCUT2D eigenvalue weighted by Crippen LogP contribution is -2.30. The van der Waals surface area contributed by atoms with E-state index in [-0.39, 0.29) is 22.4 Å². The Labute approximate surface area is 175 Å².